The summed E-state index contributed by atoms with van der Waals surface area (Å²) < 4.78 is 24.2. The van der Waals surface area contributed by atoms with Crippen molar-refractivity contribution in [3.63, 3.8) is 0 Å². The molecule has 21 heavy (non-hydrogen) atoms. The van der Waals surface area contributed by atoms with Crippen LogP contribution in [0.2, 0.25) is 0 Å². The van der Waals surface area contributed by atoms with Gasteiger partial charge in [0.2, 0.25) is 0 Å². The maximum atomic E-state index is 12.1. The molecule has 1 aliphatic heterocycles. The normalized spacial score (nSPS) is 24.4. The molecule has 0 aromatic heterocycles. The Kier molecular flexibility index (Phi) is 3.89. The predicted octanol–water partition coefficient (Wildman–Crippen LogP) is 1.26. The van der Waals surface area contributed by atoms with Gasteiger partial charge < -0.3 is 11.1 Å². The van der Waals surface area contributed by atoms with E-state index in [9.17, 15) is 8.42 Å². The van der Waals surface area contributed by atoms with E-state index < -0.39 is 9.84 Å². The summed E-state index contributed by atoms with van der Waals surface area (Å²) in [5.41, 5.74) is 6.74. The van der Waals surface area contributed by atoms with Crippen molar-refractivity contribution < 1.29 is 8.42 Å². The minimum absolute atomic E-state index is 0.0522. The Morgan fingerprint density at radius 2 is 2.10 bits per heavy atom. The molecule has 1 atom stereocenters. The molecule has 3 rings (SSSR count). The molecule has 5 nitrogen and oxygen atoms in total. The van der Waals surface area contributed by atoms with Crippen LogP contribution in [0.5, 0.6) is 0 Å². The van der Waals surface area contributed by atoms with Crippen LogP contribution in [-0.2, 0) is 9.84 Å². The van der Waals surface area contributed by atoms with Crippen LogP contribution >= 0.6 is 0 Å². The molecule has 0 spiro atoms. The highest BCUT2D eigenvalue weighted by Gasteiger charge is 2.34. The number of rotatable bonds is 4. The van der Waals surface area contributed by atoms with E-state index in [4.69, 9.17) is 5.73 Å². The van der Waals surface area contributed by atoms with Crippen molar-refractivity contribution in [2.75, 3.05) is 18.8 Å². The Bertz CT molecular complexity index is 651. The van der Waals surface area contributed by atoms with E-state index in [1.165, 1.54) is 19.3 Å². The lowest BCUT2D eigenvalue weighted by Crippen LogP contribution is -2.36. The standard InChI is InChI=1S/C15H21N3O2S/c16-15(17-8-11-4-3-5-11)18-9-12-10-21(19,20)14-7-2-1-6-13(12)14/h1-2,6-7,11-12H,3-5,8-10H2,(H3,16,17,18). The summed E-state index contributed by atoms with van der Waals surface area (Å²) in [7, 11) is -3.14. The van der Waals surface area contributed by atoms with Crippen molar-refractivity contribution in [1.29, 1.82) is 0 Å². The van der Waals surface area contributed by atoms with Crippen molar-refractivity contribution in [1.82, 2.24) is 5.32 Å². The van der Waals surface area contributed by atoms with Crippen LogP contribution in [0.15, 0.2) is 34.2 Å². The Morgan fingerprint density at radius 3 is 2.81 bits per heavy atom. The highest BCUT2D eigenvalue weighted by atomic mass is 32.2. The van der Waals surface area contributed by atoms with Crippen LogP contribution in [0.1, 0.15) is 30.7 Å². The van der Waals surface area contributed by atoms with Crippen molar-refractivity contribution in [2.24, 2.45) is 16.6 Å². The number of nitrogens with one attached hydrogen (secondary N) is 1. The van der Waals surface area contributed by atoms with E-state index in [0.717, 1.165) is 12.1 Å². The number of hydrogen-bond acceptors (Lipinski definition) is 3. The Morgan fingerprint density at radius 1 is 1.33 bits per heavy atom. The fraction of sp³-hybridized carbons (Fsp3) is 0.533. The summed E-state index contributed by atoms with van der Waals surface area (Å²) in [5, 5.41) is 3.07. The smallest absolute Gasteiger partial charge is 0.188 e. The third kappa shape index (κ3) is 3.05. The number of fused-ring (bicyclic) bond motifs is 1. The number of sulfone groups is 1. The number of aliphatic imine (C=N–C) groups is 1. The van der Waals surface area contributed by atoms with Crippen molar-refractivity contribution in [2.45, 2.75) is 30.1 Å². The van der Waals surface area contributed by atoms with Gasteiger partial charge in [0, 0.05) is 19.0 Å². The van der Waals surface area contributed by atoms with Gasteiger partial charge >= 0.3 is 0 Å². The number of nitrogens with zero attached hydrogens (tertiary/aromatic N) is 1. The van der Waals surface area contributed by atoms with Crippen molar-refractivity contribution in [3.8, 4) is 0 Å². The topological polar surface area (TPSA) is 84.5 Å². The first kappa shape index (κ1) is 14.4. The van der Waals surface area contributed by atoms with E-state index >= 15 is 0 Å². The SMILES string of the molecule is NC(=NCC1CCC1)NCC1CS(=O)(=O)c2ccccc21. The van der Waals surface area contributed by atoms with Crippen LogP contribution in [0, 0.1) is 5.92 Å². The molecule has 114 valence electrons. The summed E-state index contributed by atoms with van der Waals surface area (Å²) in [6.07, 6.45) is 3.78. The van der Waals surface area contributed by atoms with Gasteiger partial charge in [-0.25, -0.2) is 8.42 Å². The average Bonchev–Trinajstić information content (AvgIpc) is 2.67. The Labute approximate surface area is 125 Å². The van der Waals surface area contributed by atoms with Crippen molar-refractivity contribution in [3.05, 3.63) is 29.8 Å². The molecular formula is C15H21N3O2S. The number of hydrogen-bond donors (Lipinski definition) is 2. The second kappa shape index (κ2) is 5.67. The monoisotopic (exact) mass is 307 g/mol. The molecular weight excluding hydrogens is 286 g/mol. The molecule has 3 N–H and O–H groups in total. The molecule has 2 aliphatic rings. The zero-order valence-electron chi connectivity index (χ0n) is 12.0. The summed E-state index contributed by atoms with van der Waals surface area (Å²) >= 11 is 0. The molecule has 1 heterocycles. The minimum atomic E-state index is -3.14. The van der Waals surface area contributed by atoms with Gasteiger partial charge in [-0.05, 0) is 30.4 Å². The van der Waals surface area contributed by atoms with E-state index in [0.29, 0.717) is 23.3 Å². The quantitative estimate of drug-likeness (QED) is 0.648. The lowest BCUT2D eigenvalue weighted by molar-refractivity contribution is 0.326. The van der Waals surface area contributed by atoms with E-state index in [1.807, 2.05) is 12.1 Å². The largest absolute Gasteiger partial charge is 0.370 e. The van der Waals surface area contributed by atoms with Crippen LogP contribution in [-0.4, -0.2) is 33.2 Å². The number of benzene rings is 1. The van der Waals surface area contributed by atoms with Gasteiger partial charge in [-0.1, -0.05) is 24.6 Å². The molecule has 0 amide bonds. The molecule has 1 unspecified atom stereocenters. The van der Waals surface area contributed by atoms with Gasteiger partial charge in [0.05, 0.1) is 10.6 Å². The zero-order valence-corrected chi connectivity index (χ0v) is 12.8. The molecule has 0 saturated heterocycles. The molecule has 1 fully saturated rings. The van der Waals surface area contributed by atoms with Crippen LogP contribution in [0.3, 0.4) is 0 Å². The van der Waals surface area contributed by atoms with E-state index in [-0.39, 0.29) is 11.7 Å². The Hall–Kier alpha value is -1.56. The van der Waals surface area contributed by atoms with Gasteiger partial charge in [0.25, 0.3) is 0 Å². The predicted molar refractivity (Wildman–Crippen MR) is 83.1 cm³/mol. The minimum Gasteiger partial charge on any atom is -0.370 e. The van der Waals surface area contributed by atoms with Crippen LogP contribution in [0.4, 0.5) is 0 Å². The summed E-state index contributed by atoms with van der Waals surface area (Å²) in [4.78, 5) is 4.79. The summed E-state index contributed by atoms with van der Waals surface area (Å²) in [6.45, 7) is 1.29. The summed E-state index contributed by atoms with van der Waals surface area (Å²) in [5.74, 6) is 1.19. The number of nitrogens with two attached hydrogens (primary N) is 1. The highest BCUT2D eigenvalue weighted by molar-refractivity contribution is 7.91. The van der Waals surface area contributed by atoms with Gasteiger partial charge in [-0.2, -0.15) is 0 Å². The molecule has 1 aliphatic carbocycles. The molecule has 6 heteroatoms. The van der Waals surface area contributed by atoms with Gasteiger partial charge in [0.1, 0.15) is 0 Å². The van der Waals surface area contributed by atoms with Crippen molar-refractivity contribution >= 4 is 15.8 Å². The first-order valence-electron chi connectivity index (χ1n) is 7.42. The van der Waals surface area contributed by atoms with Gasteiger partial charge in [-0.15, -0.1) is 0 Å². The molecule has 1 aromatic rings. The second-order valence-corrected chi connectivity index (χ2v) is 7.92. The summed E-state index contributed by atoms with van der Waals surface area (Å²) in [6, 6.07) is 7.20. The lowest BCUT2D eigenvalue weighted by Gasteiger charge is -2.23. The molecule has 0 bridgehead atoms. The third-order valence-corrected chi connectivity index (χ3v) is 6.27. The maximum Gasteiger partial charge on any atom is 0.188 e. The molecule has 1 saturated carbocycles. The lowest BCUT2D eigenvalue weighted by atomic mass is 9.86. The zero-order chi connectivity index (χ0) is 14.9. The first-order valence-corrected chi connectivity index (χ1v) is 9.07. The molecule has 1 aromatic carbocycles. The van der Waals surface area contributed by atoms with Crippen LogP contribution < -0.4 is 11.1 Å². The van der Waals surface area contributed by atoms with Crippen LogP contribution in [0.25, 0.3) is 0 Å². The fourth-order valence-corrected chi connectivity index (χ4v) is 4.79. The highest BCUT2D eigenvalue weighted by Crippen LogP contribution is 2.34. The molecule has 0 radical (unpaired) electrons. The third-order valence-electron chi connectivity index (χ3n) is 4.39. The Balaban J connectivity index is 1.61. The number of guanidine groups is 1. The van der Waals surface area contributed by atoms with E-state index in [2.05, 4.69) is 10.3 Å². The van der Waals surface area contributed by atoms with E-state index in [1.54, 1.807) is 12.1 Å². The second-order valence-electron chi connectivity index (χ2n) is 5.92. The van der Waals surface area contributed by atoms with Gasteiger partial charge in [-0.3, -0.25) is 4.99 Å². The maximum absolute atomic E-state index is 12.1. The fourth-order valence-electron chi connectivity index (χ4n) is 2.90. The average molecular weight is 307 g/mol. The first-order chi connectivity index (χ1) is 10.1. The van der Waals surface area contributed by atoms with Gasteiger partial charge in [0.15, 0.2) is 15.8 Å².